The van der Waals surface area contributed by atoms with E-state index < -0.39 is 0 Å². The Labute approximate surface area is 195 Å². The highest BCUT2D eigenvalue weighted by molar-refractivity contribution is 14.0. The van der Waals surface area contributed by atoms with Gasteiger partial charge in [-0.2, -0.15) is 0 Å². The van der Waals surface area contributed by atoms with Crippen LogP contribution in [0.1, 0.15) is 23.7 Å². The van der Waals surface area contributed by atoms with Crippen LogP contribution in [0.4, 0.5) is 0 Å². The second kappa shape index (κ2) is 12.2. The Morgan fingerprint density at radius 1 is 1.10 bits per heavy atom. The van der Waals surface area contributed by atoms with Crippen LogP contribution in [0.2, 0.25) is 0 Å². The number of rotatable bonds is 8. The number of benzene rings is 2. The predicted octanol–water partition coefficient (Wildman–Crippen LogP) is 4.57. The zero-order valence-electron chi connectivity index (χ0n) is 17.6. The number of aliphatic imine (C=N–C) groups is 1. The number of aryl methyl sites for hydroxylation is 1. The minimum absolute atomic E-state index is 0. The van der Waals surface area contributed by atoms with Crippen molar-refractivity contribution < 1.29 is 9.15 Å². The summed E-state index contributed by atoms with van der Waals surface area (Å²) in [7, 11) is 1.70. The number of hydrogen-bond acceptors (Lipinski definition) is 4. The largest absolute Gasteiger partial charge is 0.496 e. The van der Waals surface area contributed by atoms with Crippen molar-refractivity contribution in [1.29, 1.82) is 0 Å². The molecule has 0 aliphatic carbocycles. The highest BCUT2D eigenvalue weighted by Crippen LogP contribution is 2.19. The van der Waals surface area contributed by atoms with Gasteiger partial charge in [-0.1, -0.05) is 35.9 Å². The van der Waals surface area contributed by atoms with Gasteiger partial charge in [0.2, 0.25) is 5.89 Å². The second-order valence-corrected chi connectivity index (χ2v) is 6.69. The maximum absolute atomic E-state index is 5.61. The first kappa shape index (κ1) is 23.7. The normalized spacial score (nSPS) is 11.0. The maximum Gasteiger partial charge on any atom is 0.226 e. The van der Waals surface area contributed by atoms with Crippen molar-refractivity contribution >= 4 is 29.9 Å². The molecule has 0 bridgehead atoms. The average molecular weight is 520 g/mol. The van der Waals surface area contributed by atoms with Gasteiger partial charge in [0, 0.05) is 18.7 Å². The quantitative estimate of drug-likeness (QED) is 0.259. The third-order valence-electron chi connectivity index (χ3n) is 4.47. The summed E-state index contributed by atoms with van der Waals surface area (Å²) in [6.07, 6.45) is 2.51. The number of para-hydroxylation sites is 1. The molecular formula is C23H29IN4O2. The van der Waals surface area contributed by atoms with Crippen LogP contribution < -0.4 is 15.4 Å². The van der Waals surface area contributed by atoms with E-state index in [1.807, 2.05) is 49.4 Å². The summed E-state index contributed by atoms with van der Waals surface area (Å²) in [6, 6.07) is 16.2. The Kier molecular flexibility index (Phi) is 9.66. The van der Waals surface area contributed by atoms with E-state index in [2.05, 4.69) is 33.6 Å². The van der Waals surface area contributed by atoms with Crippen LogP contribution in [0.3, 0.4) is 0 Å². The van der Waals surface area contributed by atoms with Gasteiger partial charge in [-0.15, -0.1) is 24.0 Å². The molecule has 2 N–H and O–H groups in total. The number of oxazole rings is 1. The summed E-state index contributed by atoms with van der Waals surface area (Å²) in [6.45, 7) is 6.08. The molecule has 0 saturated carbocycles. The minimum Gasteiger partial charge on any atom is -0.496 e. The van der Waals surface area contributed by atoms with Gasteiger partial charge in [0.15, 0.2) is 5.96 Å². The summed E-state index contributed by atoms with van der Waals surface area (Å²) in [5, 5.41) is 6.62. The summed E-state index contributed by atoms with van der Waals surface area (Å²) in [5.74, 6) is 2.27. The molecular weight excluding hydrogens is 491 g/mol. The van der Waals surface area contributed by atoms with E-state index in [1.54, 1.807) is 13.4 Å². The molecule has 0 unspecified atom stereocenters. The van der Waals surface area contributed by atoms with Crippen molar-refractivity contribution in [3.8, 4) is 17.2 Å². The highest BCUT2D eigenvalue weighted by Gasteiger charge is 2.07. The lowest BCUT2D eigenvalue weighted by Gasteiger charge is -2.12. The lowest BCUT2D eigenvalue weighted by Crippen LogP contribution is -2.38. The molecule has 0 aliphatic rings. The number of nitrogens with zero attached hydrogens (tertiary/aromatic N) is 2. The Balaban J connectivity index is 0.00000320. The van der Waals surface area contributed by atoms with Crippen molar-refractivity contribution in [2.45, 2.75) is 26.8 Å². The average Bonchev–Trinajstić information content (AvgIpc) is 3.22. The Morgan fingerprint density at radius 3 is 2.60 bits per heavy atom. The van der Waals surface area contributed by atoms with Gasteiger partial charge in [-0.3, -0.25) is 0 Å². The van der Waals surface area contributed by atoms with E-state index in [9.17, 15) is 0 Å². The first-order valence-corrected chi connectivity index (χ1v) is 9.85. The molecule has 0 aliphatic heterocycles. The number of aromatic nitrogens is 1. The SMILES string of the molecule is CCNC(=NCc1coc(-c2ccc(C)cc2)n1)NCCc1ccccc1OC.I. The molecule has 0 amide bonds. The lowest BCUT2D eigenvalue weighted by molar-refractivity contribution is 0.409. The molecule has 160 valence electrons. The molecule has 3 rings (SSSR count). The fourth-order valence-electron chi connectivity index (χ4n) is 2.94. The molecule has 6 nitrogen and oxygen atoms in total. The van der Waals surface area contributed by atoms with E-state index in [-0.39, 0.29) is 24.0 Å². The minimum atomic E-state index is 0. The van der Waals surface area contributed by atoms with Crippen LogP contribution in [0.15, 0.2) is 64.2 Å². The number of nitrogens with one attached hydrogen (secondary N) is 2. The number of guanidine groups is 1. The topological polar surface area (TPSA) is 71.7 Å². The van der Waals surface area contributed by atoms with E-state index in [0.29, 0.717) is 12.4 Å². The van der Waals surface area contributed by atoms with Crippen molar-refractivity contribution in [2.24, 2.45) is 4.99 Å². The first-order chi connectivity index (χ1) is 14.2. The summed E-state index contributed by atoms with van der Waals surface area (Å²) < 4.78 is 11.0. The highest BCUT2D eigenvalue weighted by atomic mass is 127. The van der Waals surface area contributed by atoms with Crippen LogP contribution in [0.5, 0.6) is 5.75 Å². The molecule has 7 heteroatoms. The zero-order chi connectivity index (χ0) is 20.5. The Hall–Kier alpha value is -2.55. The standard InChI is InChI=1S/C23H28N4O2.HI/c1-4-24-23(25-14-13-18-7-5-6-8-21(18)28-3)26-15-20-16-29-22(27-20)19-11-9-17(2)10-12-19;/h5-12,16H,4,13-15H2,1-3H3,(H2,24,25,26);1H. The molecule has 0 fully saturated rings. The van der Waals surface area contributed by atoms with Crippen LogP contribution in [0, 0.1) is 6.92 Å². The molecule has 1 heterocycles. The molecule has 0 saturated heterocycles. The van der Waals surface area contributed by atoms with Gasteiger partial charge >= 0.3 is 0 Å². The molecule has 0 atom stereocenters. The number of halogens is 1. The smallest absolute Gasteiger partial charge is 0.226 e. The first-order valence-electron chi connectivity index (χ1n) is 9.85. The van der Waals surface area contributed by atoms with E-state index in [1.165, 1.54) is 5.56 Å². The van der Waals surface area contributed by atoms with E-state index in [4.69, 9.17) is 9.15 Å². The predicted molar refractivity (Wildman–Crippen MR) is 132 cm³/mol. The Bertz CT molecular complexity index is 938. The molecule has 1 aromatic heterocycles. The summed E-state index contributed by atoms with van der Waals surface area (Å²) in [4.78, 5) is 9.17. The van der Waals surface area contributed by atoms with Gasteiger partial charge in [0.25, 0.3) is 0 Å². The third kappa shape index (κ3) is 6.76. The maximum atomic E-state index is 5.61. The fourth-order valence-corrected chi connectivity index (χ4v) is 2.94. The van der Waals surface area contributed by atoms with Gasteiger partial charge < -0.3 is 19.8 Å². The number of methoxy groups -OCH3 is 1. The van der Waals surface area contributed by atoms with Crippen LogP contribution in [-0.2, 0) is 13.0 Å². The lowest BCUT2D eigenvalue weighted by atomic mass is 10.1. The molecule has 30 heavy (non-hydrogen) atoms. The van der Waals surface area contributed by atoms with Gasteiger partial charge in [0.05, 0.1) is 13.7 Å². The number of ether oxygens (including phenoxy) is 1. The zero-order valence-corrected chi connectivity index (χ0v) is 20.0. The summed E-state index contributed by atoms with van der Waals surface area (Å²) in [5.41, 5.74) is 4.13. The van der Waals surface area contributed by atoms with Crippen molar-refractivity contribution in [1.82, 2.24) is 15.6 Å². The molecule has 2 aromatic carbocycles. The van der Waals surface area contributed by atoms with Crippen molar-refractivity contribution in [3.05, 3.63) is 71.6 Å². The van der Waals surface area contributed by atoms with Crippen LogP contribution in [0.25, 0.3) is 11.5 Å². The molecule has 0 radical (unpaired) electrons. The van der Waals surface area contributed by atoms with E-state index in [0.717, 1.165) is 48.0 Å². The number of hydrogen-bond donors (Lipinski definition) is 2. The van der Waals surface area contributed by atoms with Crippen molar-refractivity contribution in [3.63, 3.8) is 0 Å². The second-order valence-electron chi connectivity index (χ2n) is 6.69. The van der Waals surface area contributed by atoms with Gasteiger partial charge in [-0.05, 0) is 44.0 Å². The van der Waals surface area contributed by atoms with Crippen LogP contribution >= 0.6 is 24.0 Å². The Morgan fingerprint density at radius 2 is 1.87 bits per heavy atom. The van der Waals surface area contributed by atoms with Crippen LogP contribution in [-0.4, -0.2) is 31.1 Å². The molecule has 0 spiro atoms. The van der Waals surface area contributed by atoms with Gasteiger partial charge in [0.1, 0.15) is 17.7 Å². The third-order valence-corrected chi connectivity index (χ3v) is 4.47. The van der Waals surface area contributed by atoms with Crippen molar-refractivity contribution in [2.75, 3.05) is 20.2 Å². The van der Waals surface area contributed by atoms with Gasteiger partial charge in [-0.25, -0.2) is 9.98 Å². The summed E-state index contributed by atoms with van der Waals surface area (Å²) >= 11 is 0. The monoisotopic (exact) mass is 520 g/mol. The van der Waals surface area contributed by atoms with E-state index >= 15 is 0 Å². The fraction of sp³-hybridized carbons (Fsp3) is 0.304. The molecule has 3 aromatic rings.